The highest BCUT2D eigenvalue weighted by Crippen LogP contribution is 2.27. The predicted octanol–water partition coefficient (Wildman–Crippen LogP) is 4.48. The molecular weight excluding hydrogens is 382 g/mol. The monoisotopic (exact) mass is 409 g/mol. The van der Waals surface area contributed by atoms with Gasteiger partial charge in [-0.15, -0.1) is 0 Å². The number of hydrogen-bond donors (Lipinski definition) is 1. The predicted molar refractivity (Wildman–Crippen MR) is 119 cm³/mol. The Morgan fingerprint density at radius 3 is 1.79 bits per heavy atom. The fourth-order valence-electron chi connectivity index (χ4n) is 3.37. The van der Waals surface area contributed by atoms with Crippen molar-refractivity contribution in [1.82, 2.24) is 4.72 Å². The molecule has 0 spiro atoms. The van der Waals surface area contributed by atoms with Gasteiger partial charge in [-0.05, 0) is 31.5 Å². The topological polar surface area (TPSA) is 46.2 Å². The van der Waals surface area contributed by atoms with E-state index in [4.69, 9.17) is 0 Å². The SMILES string of the molecule is Cc1ccc(C(NS(=O)(=O)c2ccc(C)cc2)[Si](C)(C)c2ccccc2)cc1. The van der Waals surface area contributed by atoms with Crippen LogP contribution in [0.15, 0.2) is 83.8 Å². The van der Waals surface area contributed by atoms with Crippen LogP contribution in [0.2, 0.25) is 13.1 Å². The Kier molecular flexibility index (Phi) is 5.89. The van der Waals surface area contributed by atoms with Crippen LogP contribution in [-0.2, 0) is 10.0 Å². The molecule has 3 rings (SSSR count). The first-order valence-corrected chi connectivity index (χ1v) is 14.0. The smallest absolute Gasteiger partial charge is 0.207 e. The van der Waals surface area contributed by atoms with Gasteiger partial charge in [-0.25, -0.2) is 13.1 Å². The summed E-state index contributed by atoms with van der Waals surface area (Å²) in [6.07, 6.45) is 0. The summed E-state index contributed by atoms with van der Waals surface area (Å²) < 4.78 is 29.4. The van der Waals surface area contributed by atoms with Crippen molar-refractivity contribution in [2.75, 3.05) is 0 Å². The van der Waals surface area contributed by atoms with Crippen LogP contribution in [0.5, 0.6) is 0 Å². The lowest BCUT2D eigenvalue weighted by molar-refractivity contribution is 0.577. The lowest BCUT2D eigenvalue weighted by Crippen LogP contribution is -2.54. The van der Waals surface area contributed by atoms with Gasteiger partial charge in [0.05, 0.1) is 4.90 Å². The van der Waals surface area contributed by atoms with E-state index in [-0.39, 0.29) is 5.67 Å². The molecule has 0 saturated heterocycles. The highest BCUT2D eigenvalue weighted by atomic mass is 32.2. The fraction of sp³-hybridized carbons (Fsp3) is 0.217. The Hall–Kier alpha value is -2.21. The van der Waals surface area contributed by atoms with Crippen LogP contribution in [0.1, 0.15) is 22.4 Å². The molecule has 3 nitrogen and oxygen atoms in total. The number of hydrogen-bond acceptors (Lipinski definition) is 2. The third-order valence-electron chi connectivity index (χ3n) is 5.25. The molecule has 3 aromatic rings. The summed E-state index contributed by atoms with van der Waals surface area (Å²) in [6, 6.07) is 25.4. The molecule has 0 bridgehead atoms. The van der Waals surface area contributed by atoms with Crippen molar-refractivity contribution in [3.05, 3.63) is 95.6 Å². The summed E-state index contributed by atoms with van der Waals surface area (Å²) in [6.45, 7) is 8.41. The summed E-state index contributed by atoms with van der Waals surface area (Å²) in [4.78, 5) is 0.299. The molecule has 5 heteroatoms. The molecule has 28 heavy (non-hydrogen) atoms. The standard InChI is InChI=1S/C23H27NO2SSi/c1-18-10-14-20(15-11-18)23(28(3,4)22-8-6-5-7-9-22)24-27(25,26)21-16-12-19(2)13-17-21/h5-17,23-24H,1-4H3. The van der Waals surface area contributed by atoms with E-state index in [2.05, 4.69) is 29.9 Å². The van der Waals surface area contributed by atoms with E-state index in [0.717, 1.165) is 16.7 Å². The second kappa shape index (κ2) is 8.03. The van der Waals surface area contributed by atoms with Crippen molar-refractivity contribution in [1.29, 1.82) is 0 Å². The summed E-state index contributed by atoms with van der Waals surface area (Å²) in [7, 11) is -5.85. The van der Waals surface area contributed by atoms with Crippen molar-refractivity contribution >= 4 is 23.3 Å². The number of aryl methyl sites for hydroxylation is 2. The average Bonchev–Trinajstić information content (AvgIpc) is 2.68. The Labute approximate surface area is 169 Å². The van der Waals surface area contributed by atoms with Crippen LogP contribution in [0, 0.1) is 13.8 Å². The van der Waals surface area contributed by atoms with Gasteiger partial charge in [0.15, 0.2) is 0 Å². The highest BCUT2D eigenvalue weighted by molar-refractivity contribution is 7.89. The van der Waals surface area contributed by atoms with E-state index in [9.17, 15) is 8.42 Å². The minimum atomic E-state index is -3.64. The zero-order valence-corrected chi connectivity index (χ0v) is 18.6. The van der Waals surface area contributed by atoms with E-state index in [0.29, 0.717) is 4.90 Å². The van der Waals surface area contributed by atoms with Gasteiger partial charge in [0.1, 0.15) is 8.07 Å². The molecule has 0 aliphatic heterocycles. The van der Waals surface area contributed by atoms with E-state index < -0.39 is 18.1 Å². The first-order chi connectivity index (χ1) is 13.2. The van der Waals surface area contributed by atoms with Crippen LogP contribution >= 0.6 is 0 Å². The van der Waals surface area contributed by atoms with Crippen molar-refractivity contribution in [2.24, 2.45) is 0 Å². The number of rotatable bonds is 6. The molecule has 1 N–H and O–H groups in total. The molecule has 146 valence electrons. The molecule has 3 aromatic carbocycles. The maximum Gasteiger partial charge on any atom is 0.240 e. The number of nitrogens with one attached hydrogen (secondary N) is 1. The van der Waals surface area contributed by atoms with Crippen LogP contribution in [0.25, 0.3) is 0 Å². The molecular formula is C23H27NO2SSi. The maximum absolute atomic E-state index is 13.2. The van der Waals surface area contributed by atoms with Crippen LogP contribution < -0.4 is 9.91 Å². The summed E-state index contributed by atoms with van der Waals surface area (Å²) in [5.74, 6) is 0. The van der Waals surface area contributed by atoms with Crippen molar-refractivity contribution < 1.29 is 8.42 Å². The summed E-state index contributed by atoms with van der Waals surface area (Å²) >= 11 is 0. The quantitative estimate of drug-likeness (QED) is 0.610. The third kappa shape index (κ3) is 4.43. The van der Waals surface area contributed by atoms with Gasteiger partial charge < -0.3 is 0 Å². The average molecular weight is 410 g/mol. The van der Waals surface area contributed by atoms with Crippen LogP contribution in [-0.4, -0.2) is 16.5 Å². The number of sulfonamides is 1. The normalized spacial score (nSPS) is 13.3. The maximum atomic E-state index is 13.2. The van der Waals surface area contributed by atoms with Crippen molar-refractivity contribution in [3.63, 3.8) is 0 Å². The van der Waals surface area contributed by atoms with Crippen molar-refractivity contribution in [3.8, 4) is 0 Å². The molecule has 0 aliphatic rings. The third-order valence-corrected chi connectivity index (χ3v) is 10.6. The largest absolute Gasteiger partial charge is 0.240 e. The number of benzene rings is 3. The molecule has 0 amide bonds. The van der Waals surface area contributed by atoms with E-state index in [1.165, 1.54) is 5.19 Å². The molecule has 0 radical (unpaired) electrons. The molecule has 0 aliphatic carbocycles. The highest BCUT2D eigenvalue weighted by Gasteiger charge is 2.37. The van der Waals surface area contributed by atoms with Crippen LogP contribution in [0.4, 0.5) is 0 Å². The van der Waals surface area contributed by atoms with Gasteiger partial charge in [-0.1, -0.05) is 96.1 Å². The first-order valence-electron chi connectivity index (χ1n) is 9.41. The van der Waals surface area contributed by atoms with E-state index in [1.807, 2.05) is 68.4 Å². The molecule has 1 unspecified atom stereocenters. The lowest BCUT2D eigenvalue weighted by Gasteiger charge is -2.34. The molecule has 1 atom stereocenters. The van der Waals surface area contributed by atoms with Gasteiger partial charge in [-0.3, -0.25) is 0 Å². The summed E-state index contributed by atoms with van der Waals surface area (Å²) in [5, 5.41) is 1.21. The Morgan fingerprint density at radius 1 is 0.750 bits per heavy atom. The lowest BCUT2D eigenvalue weighted by atomic mass is 10.1. The Bertz CT molecular complexity index is 1030. The van der Waals surface area contributed by atoms with Crippen molar-refractivity contribution in [2.45, 2.75) is 37.5 Å². The van der Waals surface area contributed by atoms with E-state index in [1.54, 1.807) is 12.1 Å². The first kappa shape index (κ1) is 20.5. The van der Waals surface area contributed by atoms with Gasteiger partial charge in [0.25, 0.3) is 0 Å². The van der Waals surface area contributed by atoms with Crippen LogP contribution in [0.3, 0.4) is 0 Å². The van der Waals surface area contributed by atoms with Gasteiger partial charge >= 0.3 is 0 Å². The zero-order chi connectivity index (χ0) is 20.4. The molecule has 0 aromatic heterocycles. The van der Waals surface area contributed by atoms with E-state index >= 15 is 0 Å². The summed E-state index contributed by atoms with van der Waals surface area (Å²) in [5.41, 5.74) is 2.92. The Balaban J connectivity index is 2.06. The fourth-order valence-corrected chi connectivity index (χ4v) is 8.50. The minimum absolute atomic E-state index is 0.276. The second-order valence-corrected chi connectivity index (χ2v) is 14.2. The molecule has 0 fully saturated rings. The minimum Gasteiger partial charge on any atom is -0.207 e. The second-order valence-electron chi connectivity index (χ2n) is 7.87. The Morgan fingerprint density at radius 2 is 1.25 bits per heavy atom. The van der Waals surface area contributed by atoms with Gasteiger partial charge in [0.2, 0.25) is 10.0 Å². The zero-order valence-electron chi connectivity index (χ0n) is 16.8. The molecule has 0 heterocycles. The van der Waals surface area contributed by atoms with Gasteiger partial charge in [0, 0.05) is 5.67 Å². The molecule has 0 saturated carbocycles. The van der Waals surface area contributed by atoms with Gasteiger partial charge in [-0.2, -0.15) is 0 Å².